The van der Waals surface area contributed by atoms with Crippen LogP contribution in [0, 0.1) is 0 Å². The Hall–Kier alpha value is -4.86. The van der Waals surface area contributed by atoms with Crippen molar-refractivity contribution in [1.29, 1.82) is 0 Å². The fraction of sp³-hybridized carbons (Fsp3) is 0.214. The van der Waals surface area contributed by atoms with Crippen LogP contribution >= 0.6 is 0 Å². The third-order valence-corrected chi connectivity index (χ3v) is 6.39. The van der Waals surface area contributed by atoms with Gasteiger partial charge in [0, 0.05) is 35.3 Å². The summed E-state index contributed by atoms with van der Waals surface area (Å²) in [7, 11) is 0. The lowest BCUT2D eigenvalue weighted by molar-refractivity contribution is -0.136. The van der Waals surface area contributed by atoms with E-state index >= 15 is 0 Å². The average molecular weight is 512 g/mol. The lowest BCUT2D eigenvalue weighted by Gasteiger charge is -2.29. The summed E-state index contributed by atoms with van der Waals surface area (Å²) in [5.74, 6) is -0.702. The average Bonchev–Trinajstić information content (AvgIpc) is 3.26. The molecule has 10 heteroatoms. The molecule has 0 spiro atoms. The van der Waals surface area contributed by atoms with Crippen LogP contribution in [-0.4, -0.2) is 41.2 Å². The highest BCUT2D eigenvalue weighted by molar-refractivity contribution is 6.08. The largest absolute Gasteiger partial charge is 0.494 e. The summed E-state index contributed by atoms with van der Waals surface area (Å²) in [6.07, 6.45) is 0.449. The number of ether oxygens (including phenoxy) is 1. The first-order valence-corrected chi connectivity index (χ1v) is 12.3. The predicted molar refractivity (Wildman–Crippen MR) is 139 cm³/mol. The van der Waals surface area contributed by atoms with Crippen LogP contribution in [0.5, 0.6) is 5.75 Å². The second kappa shape index (κ2) is 10.6. The molecule has 1 fully saturated rings. The van der Waals surface area contributed by atoms with Gasteiger partial charge in [0.25, 0.3) is 11.8 Å². The Morgan fingerprint density at radius 3 is 2.34 bits per heavy atom. The Kier molecular flexibility index (Phi) is 6.94. The second-order valence-electron chi connectivity index (χ2n) is 8.86. The van der Waals surface area contributed by atoms with Gasteiger partial charge in [0.15, 0.2) is 0 Å². The first-order chi connectivity index (χ1) is 18.4. The van der Waals surface area contributed by atoms with E-state index in [4.69, 9.17) is 4.74 Å². The molecule has 2 aliphatic heterocycles. The Morgan fingerprint density at radius 1 is 1.00 bits per heavy atom. The van der Waals surface area contributed by atoms with Crippen molar-refractivity contribution in [3.63, 3.8) is 0 Å². The number of fused-ring (bicyclic) bond motifs is 1. The van der Waals surface area contributed by atoms with Crippen LogP contribution in [0.15, 0.2) is 77.0 Å². The van der Waals surface area contributed by atoms with E-state index in [9.17, 15) is 19.2 Å². The molecule has 2 heterocycles. The zero-order valence-electron chi connectivity index (χ0n) is 20.6. The van der Waals surface area contributed by atoms with Gasteiger partial charge < -0.3 is 15.0 Å². The summed E-state index contributed by atoms with van der Waals surface area (Å²) in [5.41, 5.74) is 3.23. The molecule has 1 saturated heterocycles. The van der Waals surface area contributed by atoms with Crippen molar-refractivity contribution in [2.24, 2.45) is 10.2 Å². The quantitative estimate of drug-likeness (QED) is 0.356. The number of amides is 4. The van der Waals surface area contributed by atoms with Crippen molar-refractivity contribution < 1.29 is 23.9 Å². The Morgan fingerprint density at radius 2 is 1.68 bits per heavy atom. The van der Waals surface area contributed by atoms with Crippen molar-refractivity contribution in [1.82, 2.24) is 10.2 Å². The molecule has 10 nitrogen and oxygen atoms in total. The van der Waals surface area contributed by atoms with Gasteiger partial charge in [0.05, 0.1) is 18.0 Å². The van der Waals surface area contributed by atoms with Gasteiger partial charge in [-0.1, -0.05) is 6.07 Å². The van der Waals surface area contributed by atoms with Crippen molar-refractivity contribution >= 4 is 40.7 Å². The molecule has 3 aromatic carbocycles. The summed E-state index contributed by atoms with van der Waals surface area (Å²) < 4.78 is 5.42. The molecule has 1 unspecified atom stereocenters. The van der Waals surface area contributed by atoms with Gasteiger partial charge in [-0.2, -0.15) is 10.2 Å². The lowest BCUT2D eigenvalue weighted by Crippen LogP contribution is -2.52. The van der Waals surface area contributed by atoms with Crippen molar-refractivity contribution in [2.75, 3.05) is 11.9 Å². The summed E-state index contributed by atoms with van der Waals surface area (Å²) in [6, 6.07) is 18.3. The number of piperidine rings is 1. The van der Waals surface area contributed by atoms with E-state index in [-0.39, 0.29) is 37.1 Å². The van der Waals surface area contributed by atoms with E-state index in [2.05, 4.69) is 20.9 Å². The Bertz CT molecular complexity index is 1430. The van der Waals surface area contributed by atoms with Gasteiger partial charge in [0.1, 0.15) is 11.8 Å². The lowest BCUT2D eigenvalue weighted by atomic mass is 10.0. The van der Waals surface area contributed by atoms with Crippen LogP contribution in [0.2, 0.25) is 0 Å². The van der Waals surface area contributed by atoms with Crippen LogP contribution in [-0.2, 0) is 16.1 Å². The highest BCUT2D eigenvalue weighted by Gasteiger charge is 2.39. The minimum absolute atomic E-state index is 0.168. The van der Waals surface area contributed by atoms with Crippen molar-refractivity contribution in [3.8, 4) is 5.75 Å². The highest BCUT2D eigenvalue weighted by Crippen LogP contribution is 2.32. The molecule has 0 aliphatic carbocycles. The topological polar surface area (TPSA) is 130 Å². The van der Waals surface area contributed by atoms with E-state index in [1.807, 2.05) is 19.1 Å². The number of nitrogens with zero attached hydrogens (tertiary/aromatic N) is 3. The van der Waals surface area contributed by atoms with Crippen LogP contribution in [0.3, 0.4) is 0 Å². The number of anilines is 1. The maximum absolute atomic E-state index is 13.0. The van der Waals surface area contributed by atoms with Crippen LogP contribution in [0.1, 0.15) is 46.0 Å². The van der Waals surface area contributed by atoms with E-state index in [0.29, 0.717) is 40.4 Å². The monoisotopic (exact) mass is 511 g/mol. The molecular formula is C28H25N5O5. The summed E-state index contributed by atoms with van der Waals surface area (Å²) in [5, 5.41) is 13.6. The summed E-state index contributed by atoms with van der Waals surface area (Å²) >= 11 is 0. The first-order valence-electron chi connectivity index (χ1n) is 12.3. The van der Waals surface area contributed by atoms with Crippen LogP contribution < -0.4 is 15.4 Å². The van der Waals surface area contributed by atoms with Gasteiger partial charge in [-0.15, -0.1) is 0 Å². The number of nitrogens with one attached hydrogen (secondary N) is 2. The van der Waals surface area contributed by atoms with Crippen molar-refractivity contribution in [2.45, 2.75) is 32.4 Å². The van der Waals surface area contributed by atoms with Gasteiger partial charge in [-0.25, -0.2) is 0 Å². The molecule has 2 N–H and O–H groups in total. The fourth-order valence-electron chi connectivity index (χ4n) is 4.47. The zero-order valence-corrected chi connectivity index (χ0v) is 20.6. The second-order valence-corrected chi connectivity index (χ2v) is 8.86. The normalized spacial score (nSPS) is 16.9. The zero-order chi connectivity index (χ0) is 26.6. The molecule has 3 aromatic rings. The Labute approximate surface area is 218 Å². The maximum atomic E-state index is 13.0. The van der Waals surface area contributed by atoms with Gasteiger partial charge >= 0.3 is 0 Å². The number of azo groups is 1. The minimum atomic E-state index is -0.722. The third kappa shape index (κ3) is 5.15. The predicted octanol–water partition coefficient (Wildman–Crippen LogP) is 4.51. The van der Waals surface area contributed by atoms with E-state index in [1.54, 1.807) is 54.6 Å². The van der Waals surface area contributed by atoms with Crippen LogP contribution in [0.4, 0.5) is 17.1 Å². The van der Waals surface area contributed by atoms with E-state index < -0.39 is 11.9 Å². The highest BCUT2D eigenvalue weighted by atomic mass is 16.5. The molecule has 0 bridgehead atoms. The molecule has 0 aromatic heterocycles. The standard InChI is InChI=1S/C28H25N5O5/c1-2-38-20-12-10-19(11-13-20)32-31-18-8-6-17(7-9-18)26(35)29-23-5-3-4-21-22(23)16-33(28(21)37)24-14-15-25(34)30-27(24)36/h3-13,24H,2,14-16H2,1H3,(H,29,35)(H,30,34,36). The minimum Gasteiger partial charge on any atom is -0.494 e. The molecule has 4 amide bonds. The molecule has 0 saturated carbocycles. The molecule has 192 valence electrons. The summed E-state index contributed by atoms with van der Waals surface area (Å²) in [4.78, 5) is 51.2. The first kappa shape index (κ1) is 24.8. The molecule has 38 heavy (non-hydrogen) atoms. The van der Waals surface area contributed by atoms with Gasteiger partial charge in [0.2, 0.25) is 11.8 Å². The number of hydrogen-bond donors (Lipinski definition) is 2. The number of hydrogen-bond acceptors (Lipinski definition) is 7. The molecule has 2 aliphatic rings. The molecule has 0 radical (unpaired) electrons. The SMILES string of the molecule is CCOc1ccc(N=Nc2ccc(C(=O)Nc3cccc4c3CN(C3CCC(=O)NC3=O)C4=O)cc2)cc1. The third-order valence-electron chi connectivity index (χ3n) is 6.39. The smallest absolute Gasteiger partial charge is 0.255 e. The number of carbonyl (C=O) groups is 4. The Balaban J connectivity index is 1.25. The van der Waals surface area contributed by atoms with Gasteiger partial charge in [-0.05, 0) is 74.0 Å². The van der Waals surface area contributed by atoms with Crippen molar-refractivity contribution in [3.05, 3.63) is 83.4 Å². The maximum Gasteiger partial charge on any atom is 0.255 e. The van der Waals surface area contributed by atoms with Crippen LogP contribution in [0.25, 0.3) is 0 Å². The molecule has 5 rings (SSSR count). The fourth-order valence-corrected chi connectivity index (χ4v) is 4.47. The van der Waals surface area contributed by atoms with E-state index in [0.717, 1.165) is 5.75 Å². The van der Waals surface area contributed by atoms with E-state index in [1.165, 1.54) is 4.90 Å². The van der Waals surface area contributed by atoms with Gasteiger partial charge in [-0.3, -0.25) is 24.5 Å². The summed E-state index contributed by atoms with van der Waals surface area (Å²) in [6.45, 7) is 2.68. The molecule has 1 atom stereocenters. The number of benzene rings is 3. The number of carbonyl (C=O) groups excluding carboxylic acids is 4. The number of imide groups is 1. The molecular weight excluding hydrogens is 486 g/mol. The number of rotatable bonds is 7.